The van der Waals surface area contributed by atoms with Gasteiger partial charge in [-0.15, -0.1) is 0 Å². The van der Waals surface area contributed by atoms with E-state index in [1.54, 1.807) is 0 Å². The van der Waals surface area contributed by atoms with Gasteiger partial charge in [0.15, 0.2) is 5.82 Å². The van der Waals surface area contributed by atoms with Crippen LogP contribution < -0.4 is 5.32 Å². The van der Waals surface area contributed by atoms with Crippen molar-refractivity contribution >= 4 is 23.1 Å². The molecule has 0 bridgehead atoms. The molecular weight excluding hydrogens is 258 g/mol. The van der Waals surface area contributed by atoms with Gasteiger partial charge in [-0.05, 0) is 24.3 Å². The maximum atomic E-state index is 11.9. The second-order valence-corrected chi connectivity index (χ2v) is 5.79. The van der Waals surface area contributed by atoms with Crippen LogP contribution in [0.15, 0.2) is 22.9 Å². The average Bonchev–Trinajstić information content (AvgIpc) is 3.11. The Morgan fingerprint density at radius 1 is 1.37 bits per heavy atom. The summed E-state index contributed by atoms with van der Waals surface area (Å²) in [5, 5.41) is 13.8. The minimum atomic E-state index is -0.0945. The van der Waals surface area contributed by atoms with Crippen LogP contribution in [0.25, 0.3) is 0 Å². The SMILES string of the molecule is O=C(Nc1cc(C2CCCCC2)[nH]n1)c1ccsc1. The number of H-pyrrole nitrogens is 1. The molecule has 2 aromatic heterocycles. The highest BCUT2D eigenvalue weighted by atomic mass is 32.1. The number of amides is 1. The van der Waals surface area contributed by atoms with Crippen molar-refractivity contribution in [1.29, 1.82) is 0 Å². The highest BCUT2D eigenvalue weighted by Gasteiger charge is 2.18. The van der Waals surface area contributed by atoms with Crippen LogP contribution in [0.4, 0.5) is 5.82 Å². The fourth-order valence-corrected chi connectivity index (χ4v) is 3.24. The van der Waals surface area contributed by atoms with Gasteiger partial charge < -0.3 is 5.32 Å². The molecule has 0 radical (unpaired) electrons. The zero-order chi connectivity index (χ0) is 13.1. The zero-order valence-corrected chi connectivity index (χ0v) is 11.5. The van der Waals surface area contributed by atoms with Gasteiger partial charge in [0.1, 0.15) is 0 Å². The number of carbonyl (C=O) groups excluding carboxylic acids is 1. The molecule has 0 unspecified atom stereocenters. The molecule has 3 rings (SSSR count). The van der Waals surface area contributed by atoms with Crippen LogP contribution in [0.5, 0.6) is 0 Å². The van der Waals surface area contributed by atoms with Crippen LogP contribution in [0, 0.1) is 0 Å². The van der Waals surface area contributed by atoms with Crippen LogP contribution in [-0.4, -0.2) is 16.1 Å². The van der Waals surface area contributed by atoms with Gasteiger partial charge in [0.05, 0.1) is 5.56 Å². The number of hydrogen-bond acceptors (Lipinski definition) is 3. The first kappa shape index (κ1) is 12.4. The third-order valence-electron chi connectivity index (χ3n) is 3.67. The fraction of sp³-hybridized carbons (Fsp3) is 0.429. The van der Waals surface area contributed by atoms with Gasteiger partial charge in [-0.2, -0.15) is 16.4 Å². The summed E-state index contributed by atoms with van der Waals surface area (Å²) in [4.78, 5) is 11.9. The van der Waals surface area contributed by atoms with Crippen LogP contribution >= 0.6 is 11.3 Å². The Labute approximate surface area is 116 Å². The Bertz CT molecular complexity index is 541. The van der Waals surface area contributed by atoms with Crippen molar-refractivity contribution < 1.29 is 4.79 Å². The lowest BCUT2D eigenvalue weighted by atomic mass is 9.87. The average molecular weight is 275 g/mol. The smallest absolute Gasteiger partial charge is 0.257 e. The zero-order valence-electron chi connectivity index (χ0n) is 10.7. The van der Waals surface area contributed by atoms with Crippen molar-refractivity contribution in [2.24, 2.45) is 0 Å². The molecule has 1 saturated carbocycles. The first-order chi connectivity index (χ1) is 9.33. The Hall–Kier alpha value is -1.62. The third-order valence-corrected chi connectivity index (χ3v) is 4.35. The summed E-state index contributed by atoms with van der Waals surface area (Å²) in [7, 11) is 0. The molecule has 4 nitrogen and oxygen atoms in total. The van der Waals surface area contributed by atoms with Gasteiger partial charge in [0.25, 0.3) is 5.91 Å². The van der Waals surface area contributed by atoms with E-state index in [-0.39, 0.29) is 5.91 Å². The van der Waals surface area contributed by atoms with Gasteiger partial charge >= 0.3 is 0 Å². The molecule has 0 aromatic carbocycles. The number of aromatic nitrogens is 2. The fourth-order valence-electron chi connectivity index (χ4n) is 2.61. The number of thiophene rings is 1. The molecular formula is C14H17N3OS. The van der Waals surface area contributed by atoms with E-state index in [0.29, 0.717) is 17.3 Å². The molecule has 2 N–H and O–H groups in total. The molecule has 1 aliphatic carbocycles. The van der Waals surface area contributed by atoms with E-state index in [0.717, 1.165) is 5.69 Å². The summed E-state index contributed by atoms with van der Waals surface area (Å²) in [5.41, 5.74) is 1.84. The van der Waals surface area contributed by atoms with Crippen LogP contribution in [0.1, 0.15) is 54.1 Å². The molecule has 19 heavy (non-hydrogen) atoms. The van der Waals surface area contributed by atoms with E-state index in [2.05, 4.69) is 15.5 Å². The number of nitrogens with one attached hydrogen (secondary N) is 2. The number of nitrogens with zero attached hydrogens (tertiary/aromatic N) is 1. The van der Waals surface area contributed by atoms with E-state index in [9.17, 15) is 4.79 Å². The molecule has 1 fully saturated rings. The summed E-state index contributed by atoms with van der Waals surface area (Å²) in [5.74, 6) is 1.10. The monoisotopic (exact) mass is 275 g/mol. The van der Waals surface area contributed by atoms with Crippen molar-refractivity contribution in [2.75, 3.05) is 5.32 Å². The van der Waals surface area contributed by atoms with Gasteiger partial charge in [0.2, 0.25) is 0 Å². The lowest BCUT2D eigenvalue weighted by molar-refractivity contribution is 0.102. The Kier molecular flexibility index (Phi) is 3.64. The van der Waals surface area contributed by atoms with Crippen molar-refractivity contribution in [3.05, 3.63) is 34.2 Å². The molecule has 2 aromatic rings. The quantitative estimate of drug-likeness (QED) is 0.895. The van der Waals surface area contributed by atoms with Crippen molar-refractivity contribution in [3.8, 4) is 0 Å². The predicted molar refractivity (Wildman–Crippen MR) is 76.7 cm³/mol. The van der Waals surface area contributed by atoms with Crippen molar-refractivity contribution in [1.82, 2.24) is 10.2 Å². The Morgan fingerprint density at radius 3 is 2.95 bits per heavy atom. The maximum absolute atomic E-state index is 11.9. The minimum absolute atomic E-state index is 0.0945. The number of rotatable bonds is 3. The topological polar surface area (TPSA) is 57.8 Å². The number of carbonyl (C=O) groups is 1. The van der Waals surface area contributed by atoms with E-state index in [1.165, 1.54) is 43.4 Å². The van der Waals surface area contributed by atoms with E-state index in [4.69, 9.17) is 0 Å². The first-order valence-corrected chi connectivity index (χ1v) is 7.66. The lowest BCUT2D eigenvalue weighted by Crippen LogP contribution is -2.10. The molecule has 1 aliphatic rings. The molecule has 0 atom stereocenters. The Morgan fingerprint density at radius 2 is 2.21 bits per heavy atom. The third kappa shape index (κ3) is 2.87. The highest BCUT2D eigenvalue weighted by molar-refractivity contribution is 7.08. The van der Waals surface area contributed by atoms with Crippen molar-refractivity contribution in [2.45, 2.75) is 38.0 Å². The molecule has 0 aliphatic heterocycles. The number of hydrogen-bond donors (Lipinski definition) is 2. The van der Waals surface area contributed by atoms with Gasteiger partial charge in [-0.1, -0.05) is 19.3 Å². The van der Waals surface area contributed by atoms with Crippen LogP contribution in [0.3, 0.4) is 0 Å². The summed E-state index contributed by atoms with van der Waals surface area (Å²) in [6, 6.07) is 3.79. The lowest BCUT2D eigenvalue weighted by Gasteiger charge is -2.19. The van der Waals surface area contributed by atoms with Gasteiger partial charge in [-0.25, -0.2) is 0 Å². The van der Waals surface area contributed by atoms with Gasteiger partial charge in [-0.3, -0.25) is 9.89 Å². The standard InChI is InChI=1S/C14H17N3OS/c18-14(11-6-7-19-9-11)15-13-8-12(16-17-13)10-4-2-1-3-5-10/h6-10H,1-5H2,(H2,15,16,17,18). The van der Waals surface area contributed by atoms with Crippen LogP contribution in [-0.2, 0) is 0 Å². The maximum Gasteiger partial charge on any atom is 0.257 e. The van der Waals surface area contributed by atoms with E-state index >= 15 is 0 Å². The van der Waals surface area contributed by atoms with Gasteiger partial charge in [0, 0.05) is 23.1 Å². The summed E-state index contributed by atoms with van der Waals surface area (Å²) < 4.78 is 0. The molecule has 1 amide bonds. The highest BCUT2D eigenvalue weighted by Crippen LogP contribution is 2.32. The largest absolute Gasteiger partial charge is 0.305 e. The Balaban J connectivity index is 1.66. The molecule has 2 heterocycles. The van der Waals surface area contributed by atoms with Crippen molar-refractivity contribution in [3.63, 3.8) is 0 Å². The second-order valence-electron chi connectivity index (χ2n) is 5.01. The minimum Gasteiger partial charge on any atom is -0.305 e. The van der Waals surface area contributed by atoms with E-state index in [1.807, 2.05) is 22.9 Å². The summed E-state index contributed by atoms with van der Waals surface area (Å²) in [6.45, 7) is 0. The molecule has 100 valence electrons. The number of anilines is 1. The van der Waals surface area contributed by atoms with E-state index < -0.39 is 0 Å². The molecule has 0 saturated heterocycles. The second kappa shape index (κ2) is 5.57. The molecule has 0 spiro atoms. The summed E-state index contributed by atoms with van der Waals surface area (Å²) >= 11 is 1.52. The number of aromatic amines is 1. The predicted octanol–water partition coefficient (Wildman–Crippen LogP) is 3.77. The first-order valence-electron chi connectivity index (χ1n) is 6.72. The summed E-state index contributed by atoms with van der Waals surface area (Å²) in [6.07, 6.45) is 6.37. The molecule has 5 heteroatoms. The normalized spacial score (nSPS) is 16.4. The van der Waals surface area contributed by atoms with Crippen LogP contribution in [0.2, 0.25) is 0 Å².